The van der Waals surface area contributed by atoms with Gasteiger partial charge in [-0.15, -0.1) is 0 Å². The molecule has 1 heterocycles. The van der Waals surface area contributed by atoms with E-state index in [2.05, 4.69) is 19.2 Å². The third kappa shape index (κ3) is 3.55. The van der Waals surface area contributed by atoms with E-state index in [-0.39, 0.29) is 17.2 Å². The molecule has 0 atom stereocenters. The molecule has 0 bridgehead atoms. The minimum atomic E-state index is -0.482. The molecule has 0 saturated carbocycles. The van der Waals surface area contributed by atoms with Crippen molar-refractivity contribution in [2.45, 2.75) is 45.6 Å². The van der Waals surface area contributed by atoms with Gasteiger partial charge in [0, 0.05) is 30.9 Å². The van der Waals surface area contributed by atoms with E-state index in [0.29, 0.717) is 19.1 Å². The normalized spacial score (nSPS) is 14.4. The highest BCUT2D eigenvalue weighted by molar-refractivity contribution is 5.99. The van der Waals surface area contributed by atoms with Crippen molar-refractivity contribution in [2.24, 2.45) is 0 Å². The lowest BCUT2D eigenvalue weighted by Gasteiger charge is -2.19. The Morgan fingerprint density at radius 1 is 1.32 bits per heavy atom. The van der Waals surface area contributed by atoms with Crippen LogP contribution in [0.25, 0.3) is 0 Å². The van der Waals surface area contributed by atoms with Gasteiger partial charge in [0.25, 0.3) is 11.6 Å². The van der Waals surface area contributed by atoms with Gasteiger partial charge >= 0.3 is 0 Å². The van der Waals surface area contributed by atoms with Gasteiger partial charge in [0.2, 0.25) is 0 Å². The van der Waals surface area contributed by atoms with E-state index in [9.17, 15) is 14.9 Å². The number of likely N-dealkylation sites (tertiary alicyclic amines) is 1. The molecule has 1 aliphatic heterocycles. The Kier molecular flexibility index (Phi) is 5.35. The summed E-state index contributed by atoms with van der Waals surface area (Å²) in [5.74, 6) is -0.239. The third-order valence-corrected chi connectivity index (χ3v) is 4.17. The summed E-state index contributed by atoms with van der Waals surface area (Å²) in [6.07, 6.45) is 3.85. The van der Waals surface area contributed by atoms with Gasteiger partial charge in [-0.25, -0.2) is 0 Å². The minimum absolute atomic E-state index is 0.119. The maximum Gasteiger partial charge on any atom is 0.282 e. The first-order chi connectivity index (χ1) is 10.6. The highest BCUT2D eigenvalue weighted by Gasteiger charge is 2.27. The van der Waals surface area contributed by atoms with E-state index < -0.39 is 4.92 Å². The second-order valence-electron chi connectivity index (χ2n) is 5.65. The topological polar surface area (TPSA) is 75.5 Å². The second-order valence-corrected chi connectivity index (χ2v) is 5.65. The van der Waals surface area contributed by atoms with Crippen molar-refractivity contribution in [3.05, 3.63) is 33.9 Å². The molecule has 1 aromatic carbocycles. The van der Waals surface area contributed by atoms with Crippen LogP contribution in [0.15, 0.2) is 18.2 Å². The first-order valence-corrected chi connectivity index (χ1v) is 7.91. The largest absolute Gasteiger partial charge is 0.382 e. The fraction of sp³-hybridized carbons (Fsp3) is 0.562. The molecule has 0 radical (unpaired) electrons. The van der Waals surface area contributed by atoms with Crippen LogP contribution in [0.2, 0.25) is 0 Å². The summed E-state index contributed by atoms with van der Waals surface area (Å²) in [7, 11) is 0. The van der Waals surface area contributed by atoms with Crippen LogP contribution < -0.4 is 5.32 Å². The maximum atomic E-state index is 12.5. The number of carbonyl (C=O) groups is 1. The molecule has 1 aliphatic rings. The fourth-order valence-corrected chi connectivity index (χ4v) is 2.78. The van der Waals surface area contributed by atoms with E-state index in [1.54, 1.807) is 17.0 Å². The van der Waals surface area contributed by atoms with Crippen LogP contribution in [0.4, 0.5) is 11.4 Å². The Labute approximate surface area is 130 Å². The molecule has 0 unspecified atom stereocenters. The van der Waals surface area contributed by atoms with Gasteiger partial charge < -0.3 is 10.2 Å². The molecule has 1 N–H and O–H groups in total. The monoisotopic (exact) mass is 305 g/mol. The highest BCUT2D eigenvalue weighted by Crippen LogP contribution is 2.26. The van der Waals surface area contributed by atoms with E-state index >= 15 is 0 Å². The molecule has 6 heteroatoms. The summed E-state index contributed by atoms with van der Waals surface area (Å²) in [6, 6.07) is 5.03. The smallest absolute Gasteiger partial charge is 0.282 e. The van der Waals surface area contributed by atoms with Gasteiger partial charge in [0.05, 0.1) is 4.92 Å². The number of nitro groups is 1. The van der Waals surface area contributed by atoms with Crippen LogP contribution in [0.1, 0.15) is 49.9 Å². The molecule has 2 rings (SSSR count). The van der Waals surface area contributed by atoms with Gasteiger partial charge in [-0.05, 0) is 37.8 Å². The molecular weight excluding hydrogens is 282 g/mol. The zero-order valence-electron chi connectivity index (χ0n) is 13.2. The van der Waals surface area contributed by atoms with Crippen LogP contribution in [0.3, 0.4) is 0 Å². The van der Waals surface area contributed by atoms with Gasteiger partial charge in [0.15, 0.2) is 0 Å². The number of nitrogens with one attached hydrogen (secondary N) is 1. The predicted molar refractivity (Wildman–Crippen MR) is 86.2 cm³/mol. The quantitative estimate of drug-likeness (QED) is 0.645. The molecule has 0 aliphatic carbocycles. The minimum Gasteiger partial charge on any atom is -0.382 e. The van der Waals surface area contributed by atoms with Crippen molar-refractivity contribution in [2.75, 3.05) is 18.4 Å². The molecule has 6 nitrogen and oxygen atoms in total. The van der Waals surface area contributed by atoms with Gasteiger partial charge in [-0.3, -0.25) is 14.9 Å². The molecule has 1 aromatic rings. The number of nitrogens with zero attached hydrogens (tertiary/aromatic N) is 2. The molecule has 1 saturated heterocycles. The Bertz CT molecular complexity index is 550. The standard InChI is InChI=1S/C16H23N3O3/c1-3-12(4-2)17-13-7-8-15(19(21)22)14(11-13)16(20)18-9-5-6-10-18/h7-8,11-12,17H,3-6,9-10H2,1-2H3. The van der Waals surface area contributed by atoms with Gasteiger partial charge in [-0.2, -0.15) is 0 Å². The molecule has 1 amide bonds. The SMILES string of the molecule is CCC(CC)Nc1ccc([N+](=O)[O-])c(C(=O)N2CCCC2)c1. The van der Waals surface area contributed by atoms with Gasteiger partial charge in [-0.1, -0.05) is 13.8 Å². The van der Waals surface area contributed by atoms with Crippen molar-refractivity contribution in [3.8, 4) is 0 Å². The maximum absolute atomic E-state index is 12.5. The number of carbonyl (C=O) groups excluding carboxylic acids is 1. The molecule has 22 heavy (non-hydrogen) atoms. The number of rotatable bonds is 6. The van der Waals surface area contributed by atoms with Crippen LogP contribution in [-0.2, 0) is 0 Å². The first-order valence-electron chi connectivity index (χ1n) is 7.91. The van der Waals surface area contributed by atoms with E-state index in [0.717, 1.165) is 31.4 Å². The summed E-state index contributed by atoms with van der Waals surface area (Å²) < 4.78 is 0. The fourth-order valence-electron chi connectivity index (χ4n) is 2.78. The second kappa shape index (κ2) is 7.24. The van der Waals surface area contributed by atoms with Crippen LogP contribution in [0.5, 0.6) is 0 Å². The zero-order valence-corrected chi connectivity index (χ0v) is 13.2. The van der Waals surface area contributed by atoms with Crippen molar-refractivity contribution < 1.29 is 9.72 Å². The number of hydrogen-bond acceptors (Lipinski definition) is 4. The summed E-state index contributed by atoms with van der Waals surface area (Å²) in [4.78, 5) is 25.0. The average Bonchev–Trinajstić information content (AvgIpc) is 3.05. The molecule has 0 aromatic heterocycles. The average molecular weight is 305 g/mol. The van der Waals surface area contributed by atoms with E-state index in [4.69, 9.17) is 0 Å². The van der Waals surface area contributed by atoms with E-state index in [1.807, 2.05) is 0 Å². The number of amides is 1. The number of nitro benzene ring substituents is 1. The number of hydrogen-bond donors (Lipinski definition) is 1. The predicted octanol–water partition coefficient (Wildman–Crippen LogP) is 3.43. The van der Waals surface area contributed by atoms with Crippen molar-refractivity contribution in [1.29, 1.82) is 0 Å². The van der Waals surface area contributed by atoms with Crippen LogP contribution >= 0.6 is 0 Å². The summed E-state index contributed by atoms with van der Waals surface area (Å²) in [5.41, 5.74) is 0.830. The molecule has 0 spiro atoms. The Hall–Kier alpha value is -2.11. The highest BCUT2D eigenvalue weighted by atomic mass is 16.6. The Morgan fingerprint density at radius 2 is 1.95 bits per heavy atom. The van der Waals surface area contributed by atoms with Gasteiger partial charge in [0.1, 0.15) is 5.56 Å². The lowest BCUT2D eigenvalue weighted by Crippen LogP contribution is -2.28. The Balaban J connectivity index is 2.31. The zero-order chi connectivity index (χ0) is 16.1. The third-order valence-electron chi connectivity index (χ3n) is 4.17. The van der Waals surface area contributed by atoms with E-state index in [1.165, 1.54) is 6.07 Å². The lowest BCUT2D eigenvalue weighted by atomic mass is 10.1. The summed E-state index contributed by atoms with van der Waals surface area (Å²) >= 11 is 0. The molecule has 120 valence electrons. The van der Waals surface area contributed by atoms with Crippen molar-refractivity contribution >= 4 is 17.3 Å². The summed E-state index contributed by atoms with van der Waals surface area (Å²) in [6.45, 7) is 5.53. The van der Waals surface area contributed by atoms with Crippen LogP contribution in [-0.4, -0.2) is 34.9 Å². The number of anilines is 1. The Morgan fingerprint density at radius 3 is 2.50 bits per heavy atom. The molecular formula is C16H23N3O3. The molecule has 1 fully saturated rings. The first kappa shape index (κ1) is 16.3. The van der Waals surface area contributed by atoms with Crippen molar-refractivity contribution in [3.63, 3.8) is 0 Å². The lowest BCUT2D eigenvalue weighted by molar-refractivity contribution is -0.385. The summed E-state index contributed by atoms with van der Waals surface area (Å²) in [5, 5.41) is 14.5. The van der Waals surface area contributed by atoms with Crippen molar-refractivity contribution in [1.82, 2.24) is 4.90 Å². The van der Waals surface area contributed by atoms with Crippen LogP contribution in [0, 0.1) is 10.1 Å². The number of benzene rings is 1.